The number of halogens is 1. The third kappa shape index (κ3) is 6.19. The lowest BCUT2D eigenvalue weighted by Gasteiger charge is -2.16. The monoisotopic (exact) mass is 346 g/mol. The molecule has 0 unspecified atom stereocenters. The van der Waals surface area contributed by atoms with Crippen molar-refractivity contribution in [1.82, 2.24) is 0 Å². The molecule has 0 aliphatic rings. The molecule has 2 aromatic carbocycles. The number of rotatable bonds is 9. The Hall–Kier alpha value is -2.40. The third-order valence-electron chi connectivity index (χ3n) is 3.57. The van der Waals surface area contributed by atoms with E-state index >= 15 is 0 Å². The first-order chi connectivity index (χ1) is 12.0. The number of carbonyl (C=O) groups is 1. The highest BCUT2D eigenvalue weighted by molar-refractivity contribution is 5.94. The van der Waals surface area contributed by atoms with E-state index in [1.165, 1.54) is 19.1 Å². The van der Waals surface area contributed by atoms with Crippen molar-refractivity contribution in [2.45, 2.75) is 26.4 Å². The second-order valence-electron chi connectivity index (χ2n) is 5.86. The van der Waals surface area contributed by atoms with Gasteiger partial charge in [-0.05, 0) is 43.7 Å². The van der Waals surface area contributed by atoms with Gasteiger partial charge < -0.3 is 14.2 Å². The predicted octanol–water partition coefficient (Wildman–Crippen LogP) is 4.06. The highest BCUT2D eigenvalue weighted by atomic mass is 19.1. The van der Waals surface area contributed by atoms with Crippen LogP contribution >= 0.6 is 0 Å². The summed E-state index contributed by atoms with van der Waals surface area (Å²) in [4.78, 5) is 11.7. The molecule has 0 saturated carbocycles. The lowest BCUT2D eigenvalue weighted by atomic mass is 10.1. The van der Waals surface area contributed by atoms with Crippen LogP contribution in [-0.4, -0.2) is 32.2 Å². The second kappa shape index (κ2) is 9.18. The van der Waals surface area contributed by atoms with E-state index in [0.717, 1.165) is 5.56 Å². The van der Waals surface area contributed by atoms with Crippen molar-refractivity contribution < 1.29 is 23.4 Å². The summed E-state index contributed by atoms with van der Waals surface area (Å²) >= 11 is 0. The smallest absolute Gasteiger partial charge is 0.160 e. The Kier molecular flexibility index (Phi) is 6.95. The Balaban J connectivity index is 2.05. The summed E-state index contributed by atoms with van der Waals surface area (Å²) in [6, 6.07) is 11.5. The SMILES string of the molecule is COC[C@H](C)Oc1cc(OCCc2cccc(F)c2)cc(C(C)=O)c1. The van der Waals surface area contributed by atoms with Crippen LogP contribution in [0.25, 0.3) is 0 Å². The van der Waals surface area contributed by atoms with Crippen molar-refractivity contribution in [2.75, 3.05) is 20.3 Å². The molecule has 0 saturated heterocycles. The van der Waals surface area contributed by atoms with Crippen LogP contribution in [0.1, 0.15) is 29.8 Å². The Labute approximate surface area is 147 Å². The van der Waals surface area contributed by atoms with Crippen molar-refractivity contribution in [3.8, 4) is 11.5 Å². The van der Waals surface area contributed by atoms with Crippen LogP contribution in [0.3, 0.4) is 0 Å². The summed E-state index contributed by atoms with van der Waals surface area (Å²) in [5.74, 6) is 0.764. The molecule has 0 aliphatic heterocycles. The van der Waals surface area contributed by atoms with Crippen molar-refractivity contribution in [3.63, 3.8) is 0 Å². The van der Waals surface area contributed by atoms with Crippen LogP contribution in [0.5, 0.6) is 11.5 Å². The number of hydrogen-bond acceptors (Lipinski definition) is 4. The molecule has 0 aliphatic carbocycles. The minimum Gasteiger partial charge on any atom is -0.493 e. The largest absolute Gasteiger partial charge is 0.493 e. The molecule has 2 rings (SSSR count). The van der Waals surface area contributed by atoms with E-state index in [0.29, 0.717) is 36.7 Å². The lowest BCUT2D eigenvalue weighted by molar-refractivity contribution is 0.0914. The molecule has 134 valence electrons. The number of carbonyl (C=O) groups excluding carboxylic acids is 1. The number of ketones is 1. The maximum atomic E-state index is 13.2. The molecule has 25 heavy (non-hydrogen) atoms. The Morgan fingerprint density at radius 1 is 1.16 bits per heavy atom. The molecule has 0 bridgehead atoms. The first-order valence-electron chi connectivity index (χ1n) is 8.17. The van der Waals surface area contributed by atoms with Gasteiger partial charge in [-0.3, -0.25) is 4.79 Å². The molecular weight excluding hydrogens is 323 g/mol. The summed E-state index contributed by atoms with van der Waals surface area (Å²) in [5, 5.41) is 0. The Bertz CT molecular complexity index is 715. The second-order valence-corrected chi connectivity index (χ2v) is 5.86. The van der Waals surface area contributed by atoms with Gasteiger partial charge in [-0.25, -0.2) is 4.39 Å². The molecule has 0 fully saturated rings. The molecular formula is C20H23FO4. The molecule has 0 amide bonds. The molecule has 0 heterocycles. The fraction of sp³-hybridized carbons (Fsp3) is 0.350. The van der Waals surface area contributed by atoms with Crippen LogP contribution in [0.2, 0.25) is 0 Å². The van der Waals surface area contributed by atoms with Crippen molar-refractivity contribution in [1.29, 1.82) is 0 Å². The summed E-state index contributed by atoms with van der Waals surface area (Å²) in [7, 11) is 1.60. The molecule has 1 atom stereocenters. The van der Waals surface area contributed by atoms with E-state index in [9.17, 15) is 9.18 Å². The van der Waals surface area contributed by atoms with E-state index in [1.54, 1.807) is 31.4 Å². The van der Waals surface area contributed by atoms with Crippen LogP contribution in [0.15, 0.2) is 42.5 Å². The van der Waals surface area contributed by atoms with Crippen LogP contribution in [-0.2, 0) is 11.2 Å². The van der Waals surface area contributed by atoms with Gasteiger partial charge in [-0.1, -0.05) is 12.1 Å². The third-order valence-corrected chi connectivity index (χ3v) is 3.57. The Morgan fingerprint density at radius 3 is 2.60 bits per heavy atom. The van der Waals surface area contributed by atoms with Gasteiger partial charge in [0.15, 0.2) is 5.78 Å². The molecule has 0 N–H and O–H groups in total. The van der Waals surface area contributed by atoms with E-state index in [1.807, 2.05) is 13.0 Å². The fourth-order valence-corrected chi connectivity index (χ4v) is 2.41. The normalized spacial score (nSPS) is 11.8. The molecule has 2 aromatic rings. The van der Waals surface area contributed by atoms with Crippen LogP contribution in [0, 0.1) is 5.82 Å². The van der Waals surface area contributed by atoms with Crippen molar-refractivity contribution in [3.05, 3.63) is 59.4 Å². The zero-order valence-electron chi connectivity index (χ0n) is 14.8. The van der Waals surface area contributed by atoms with E-state index in [-0.39, 0.29) is 17.7 Å². The number of benzene rings is 2. The summed E-state index contributed by atoms with van der Waals surface area (Å²) < 4.78 is 29.7. The van der Waals surface area contributed by atoms with Crippen LogP contribution in [0.4, 0.5) is 4.39 Å². The van der Waals surface area contributed by atoms with Gasteiger partial charge in [-0.15, -0.1) is 0 Å². The minimum absolute atomic E-state index is 0.0696. The van der Waals surface area contributed by atoms with Crippen molar-refractivity contribution in [2.24, 2.45) is 0 Å². The van der Waals surface area contributed by atoms with Gasteiger partial charge in [0.2, 0.25) is 0 Å². The quantitative estimate of drug-likeness (QED) is 0.642. The predicted molar refractivity (Wildman–Crippen MR) is 94.0 cm³/mol. The zero-order chi connectivity index (χ0) is 18.2. The van der Waals surface area contributed by atoms with Gasteiger partial charge in [0.05, 0.1) is 13.2 Å². The van der Waals surface area contributed by atoms with Gasteiger partial charge in [0.25, 0.3) is 0 Å². The highest BCUT2D eigenvalue weighted by Crippen LogP contribution is 2.24. The average molecular weight is 346 g/mol. The molecule has 0 radical (unpaired) electrons. The van der Waals surface area contributed by atoms with Gasteiger partial charge in [0, 0.05) is 25.2 Å². The first kappa shape index (κ1) is 18.9. The van der Waals surface area contributed by atoms with E-state index < -0.39 is 0 Å². The lowest BCUT2D eigenvalue weighted by Crippen LogP contribution is -2.18. The summed E-state index contributed by atoms with van der Waals surface area (Å²) in [6.45, 7) is 4.20. The summed E-state index contributed by atoms with van der Waals surface area (Å²) in [5.41, 5.74) is 1.37. The minimum atomic E-state index is -0.265. The highest BCUT2D eigenvalue weighted by Gasteiger charge is 2.10. The van der Waals surface area contributed by atoms with E-state index in [2.05, 4.69) is 0 Å². The average Bonchev–Trinajstić information content (AvgIpc) is 2.55. The number of Topliss-reactive ketones (excluding diaryl/α,β-unsaturated/α-hetero) is 1. The number of ether oxygens (including phenoxy) is 3. The first-order valence-corrected chi connectivity index (χ1v) is 8.17. The van der Waals surface area contributed by atoms with E-state index in [4.69, 9.17) is 14.2 Å². The molecule has 0 aromatic heterocycles. The maximum absolute atomic E-state index is 13.2. The van der Waals surface area contributed by atoms with Gasteiger partial charge in [0.1, 0.15) is 23.4 Å². The standard InChI is InChI=1S/C20H23FO4/c1-14(13-23-3)25-20-11-17(15(2)22)10-19(12-20)24-8-7-16-5-4-6-18(21)9-16/h4-6,9-12,14H,7-8,13H2,1-3H3/t14-/m0/s1. The zero-order valence-corrected chi connectivity index (χ0v) is 14.8. The fourth-order valence-electron chi connectivity index (χ4n) is 2.41. The molecule has 5 heteroatoms. The summed E-state index contributed by atoms with van der Waals surface area (Å²) in [6.07, 6.45) is 0.422. The van der Waals surface area contributed by atoms with Gasteiger partial charge in [-0.2, -0.15) is 0 Å². The molecule has 0 spiro atoms. The maximum Gasteiger partial charge on any atom is 0.160 e. The molecule has 4 nitrogen and oxygen atoms in total. The number of methoxy groups -OCH3 is 1. The Morgan fingerprint density at radius 2 is 1.92 bits per heavy atom. The topological polar surface area (TPSA) is 44.8 Å². The number of hydrogen-bond donors (Lipinski definition) is 0. The van der Waals surface area contributed by atoms with Crippen LogP contribution < -0.4 is 9.47 Å². The van der Waals surface area contributed by atoms with Gasteiger partial charge >= 0.3 is 0 Å². The van der Waals surface area contributed by atoms with Crippen molar-refractivity contribution >= 4 is 5.78 Å².